The van der Waals surface area contributed by atoms with E-state index >= 15 is 0 Å². The highest BCUT2D eigenvalue weighted by Gasteiger charge is 2.31. The number of anilines is 2. The molecule has 0 fully saturated rings. The summed E-state index contributed by atoms with van der Waals surface area (Å²) in [6.07, 6.45) is 0.914. The summed E-state index contributed by atoms with van der Waals surface area (Å²) in [6.45, 7) is 1.37. The van der Waals surface area contributed by atoms with E-state index in [0.717, 1.165) is 16.6 Å². The summed E-state index contributed by atoms with van der Waals surface area (Å²) < 4.78 is 49.7. The van der Waals surface area contributed by atoms with Crippen LogP contribution < -0.4 is 19.1 Å². The van der Waals surface area contributed by atoms with Crippen LogP contribution in [-0.4, -0.2) is 40.8 Å². The van der Waals surface area contributed by atoms with Gasteiger partial charge in [0.25, 0.3) is 0 Å². The molecule has 9 heteroatoms. The fraction of sp³-hybridized carbons (Fsp3) is 0.278. The third-order valence-electron chi connectivity index (χ3n) is 3.84. The summed E-state index contributed by atoms with van der Waals surface area (Å²) in [6, 6.07) is 8.91. The maximum absolute atomic E-state index is 14.2. The van der Waals surface area contributed by atoms with Gasteiger partial charge >= 0.3 is 0 Å². The molecule has 1 atom stereocenters. The summed E-state index contributed by atoms with van der Waals surface area (Å²) in [5.74, 6) is -0.523. The van der Waals surface area contributed by atoms with Gasteiger partial charge in [0, 0.05) is 6.07 Å². The average Bonchev–Trinajstić information content (AvgIpc) is 2.62. The first kappa shape index (κ1) is 20.5. The molecule has 0 heterocycles. The minimum Gasteiger partial charge on any atom is -0.497 e. The number of hydrogen-bond acceptors (Lipinski definition) is 5. The monoisotopic (exact) mass is 396 g/mol. The molecule has 0 aliphatic heterocycles. The predicted octanol–water partition coefficient (Wildman–Crippen LogP) is 2.64. The maximum atomic E-state index is 14.2. The molecule has 146 valence electrons. The molecule has 1 amide bonds. The van der Waals surface area contributed by atoms with Gasteiger partial charge in [0.05, 0.1) is 31.9 Å². The zero-order valence-corrected chi connectivity index (χ0v) is 16.2. The molecule has 0 aromatic heterocycles. The van der Waals surface area contributed by atoms with Gasteiger partial charge in [-0.05, 0) is 31.2 Å². The summed E-state index contributed by atoms with van der Waals surface area (Å²) in [4.78, 5) is 12.7. The van der Waals surface area contributed by atoms with Gasteiger partial charge in [-0.2, -0.15) is 0 Å². The van der Waals surface area contributed by atoms with Crippen LogP contribution in [0.25, 0.3) is 0 Å². The lowest BCUT2D eigenvalue weighted by Crippen LogP contribution is -2.45. The molecule has 2 aromatic rings. The Bertz CT molecular complexity index is 933. The average molecular weight is 396 g/mol. The normalized spacial score (nSPS) is 12.2. The van der Waals surface area contributed by atoms with Crippen molar-refractivity contribution in [2.75, 3.05) is 30.1 Å². The van der Waals surface area contributed by atoms with Gasteiger partial charge in [-0.1, -0.05) is 12.1 Å². The Hall–Kier alpha value is -2.81. The number of hydrogen-bond donors (Lipinski definition) is 1. The second kappa shape index (κ2) is 8.26. The number of benzene rings is 2. The van der Waals surface area contributed by atoms with Crippen LogP contribution in [0, 0.1) is 5.82 Å². The summed E-state index contributed by atoms with van der Waals surface area (Å²) in [5, 5.41) is 2.61. The van der Waals surface area contributed by atoms with Crippen molar-refractivity contribution in [3.8, 4) is 11.5 Å². The lowest BCUT2D eigenvalue weighted by Gasteiger charge is -2.28. The first-order valence-electron chi connectivity index (χ1n) is 7.96. The number of methoxy groups -OCH3 is 2. The van der Waals surface area contributed by atoms with Gasteiger partial charge in [0.2, 0.25) is 15.9 Å². The molecule has 2 rings (SSSR count). The largest absolute Gasteiger partial charge is 0.497 e. The van der Waals surface area contributed by atoms with Crippen LogP contribution in [0.3, 0.4) is 0 Å². The number of carbonyl (C=O) groups excluding carboxylic acids is 1. The molecule has 0 aliphatic carbocycles. The number of rotatable bonds is 7. The highest BCUT2D eigenvalue weighted by Crippen LogP contribution is 2.30. The fourth-order valence-electron chi connectivity index (χ4n) is 2.55. The van der Waals surface area contributed by atoms with E-state index in [-0.39, 0.29) is 5.69 Å². The van der Waals surface area contributed by atoms with Gasteiger partial charge in [-0.15, -0.1) is 0 Å². The van der Waals surface area contributed by atoms with Crippen LogP contribution in [0.5, 0.6) is 11.5 Å². The Morgan fingerprint density at radius 1 is 1.15 bits per heavy atom. The van der Waals surface area contributed by atoms with Crippen molar-refractivity contribution in [3.05, 3.63) is 48.3 Å². The summed E-state index contributed by atoms with van der Waals surface area (Å²) in [5.41, 5.74) is 0.126. The van der Waals surface area contributed by atoms with E-state index in [1.165, 1.54) is 39.3 Å². The molecule has 27 heavy (non-hydrogen) atoms. The predicted molar refractivity (Wildman–Crippen MR) is 101 cm³/mol. The zero-order valence-electron chi connectivity index (χ0n) is 15.4. The lowest BCUT2D eigenvalue weighted by molar-refractivity contribution is -0.116. The Balaban J connectivity index is 2.35. The standard InChI is InChI=1S/C18H21FN2O5S/c1-12(21(27(4,23)24)16-8-6-5-7-14(16)19)18(22)20-15-10-9-13(25-2)11-17(15)26-3/h5-12H,1-4H3,(H,20,22)/t12-/m1/s1. The second-order valence-electron chi connectivity index (χ2n) is 5.74. The molecule has 2 aromatic carbocycles. The van der Waals surface area contributed by atoms with Gasteiger partial charge < -0.3 is 14.8 Å². The number of ether oxygens (including phenoxy) is 2. The van der Waals surface area contributed by atoms with Crippen LogP contribution in [0.2, 0.25) is 0 Å². The Kier molecular flexibility index (Phi) is 6.27. The van der Waals surface area contributed by atoms with Gasteiger partial charge in [-0.25, -0.2) is 12.8 Å². The van der Waals surface area contributed by atoms with Crippen molar-refractivity contribution >= 4 is 27.3 Å². The number of nitrogens with zero attached hydrogens (tertiary/aromatic N) is 1. The molecule has 0 bridgehead atoms. The van der Waals surface area contributed by atoms with E-state index in [0.29, 0.717) is 17.2 Å². The van der Waals surface area contributed by atoms with Crippen molar-refractivity contribution in [2.24, 2.45) is 0 Å². The van der Waals surface area contributed by atoms with Gasteiger partial charge in [-0.3, -0.25) is 9.10 Å². The van der Waals surface area contributed by atoms with E-state index in [1.54, 1.807) is 18.2 Å². The lowest BCUT2D eigenvalue weighted by atomic mass is 10.2. The van der Waals surface area contributed by atoms with Crippen molar-refractivity contribution in [2.45, 2.75) is 13.0 Å². The van der Waals surface area contributed by atoms with E-state index in [4.69, 9.17) is 9.47 Å². The Morgan fingerprint density at radius 3 is 2.37 bits per heavy atom. The molecular weight excluding hydrogens is 375 g/mol. The third kappa shape index (κ3) is 4.68. The van der Waals surface area contributed by atoms with Crippen LogP contribution in [0.15, 0.2) is 42.5 Å². The molecule has 0 saturated heterocycles. The second-order valence-corrected chi connectivity index (χ2v) is 7.60. The summed E-state index contributed by atoms with van der Waals surface area (Å²) in [7, 11) is -1.00. The molecule has 1 N–H and O–H groups in total. The number of sulfonamides is 1. The van der Waals surface area contributed by atoms with Crippen molar-refractivity contribution in [1.82, 2.24) is 0 Å². The molecule has 0 aliphatic rings. The van der Waals surface area contributed by atoms with Crippen molar-refractivity contribution < 1.29 is 27.1 Å². The first-order chi connectivity index (χ1) is 12.7. The van der Waals surface area contributed by atoms with E-state index in [2.05, 4.69) is 5.32 Å². The number of halogens is 1. The van der Waals surface area contributed by atoms with Crippen LogP contribution in [-0.2, 0) is 14.8 Å². The fourth-order valence-corrected chi connectivity index (χ4v) is 3.73. The number of nitrogens with one attached hydrogen (secondary N) is 1. The van der Waals surface area contributed by atoms with E-state index in [9.17, 15) is 17.6 Å². The van der Waals surface area contributed by atoms with Crippen LogP contribution in [0.1, 0.15) is 6.92 Å². The molecule has 0 radical (unpaired) electrons. The number of carbonyl (C=O) groups is 1. The molecule has 7 nitrogen and oxygen atoms in total. The quantitative estimate of drug-likeness (QED) is 0.778. The van der Waals surface area contributed by atoms with E-state index in [1.807, 2.05) is 0 Å². The third-order valence-corrected chi connectivity index (χ3v) is 5.07. The molecule has 0 unspecified atom stereocenters. The highest BCUT2D eigenvalue weighted by atomic mass is 32.2. The highest BCUT2D eigenvalue weighted by molar-refractivity contribution is 7.92. The van der Waals surface area contributed by atoms with Gasteiger partial charge in [0.1, 0.15) is 23.4 Å². The Morgan fingerprint density at radius 2 is 1.81 bits per heavy atom. The van der Waals surface area contributed by atoms with Crippen LogP contribution >= 0.6 is 0 Å². The van der Waals surface area contributed by atoms with Gasteiger partial charge in [0.15, 0.2) is 0 Å². The molecule has 0 saturated carbocycles. The maximum Gasteiger partial charge on any atom is 0.248 e. The number of para-hydroxylation sites is 1. The smallest absolute Gasteiger partial charge is 0.248 e. The Labute approximate surface area is 157 Å². The number of amides is 1. The summed E-state index contributed by atoms with van der Waals surface area (Å²) >= 11 is 0. The van der Waals surface area contributed by atoms with Crippen molar-refractivity contribution in [3.63, 3.8) is 0 Å². The molecular formula is C18H21FN2O5S. The van der Waals surface area contributed by atoms with Crippen molar-refractivity contribution in [1.29, 1.82) is 0 Å². The first-order valence-corrected chi connectivity index (χ1v) is 9.80. The minimum absolute atomic E-state index is 0.204. The van der Waals surface area contributed by atoms with E-state index < -0.39 is 27.8 Å². The SMILES string of the molecule is COc1ccc(NC(=O)[C@@H](C)N(c2ccccc2F)S(C)(=O)=O)c(OC)c1. The minimum atomic E-state index is -3.92. The topological polar surface area (TPSA) is 84.9 Å². The zero-order chi connectivity index (χ0) is 20.2. The van der Waals surface area contributed by atoms with Crippen LogP contribution in [0.4, 0.5) is 15.8 Å². The molecule has 0 spiro atoms.